The lowest BCUT2D eigenvalue weighted by molar-refractivity contribution is 0.0828. The molecule has 1 aromatic heterocycles. The number of carbonyl (C=O) groups is 1. The quantitative estimate of drug-likeness (QED) is 0.915. The van der Waals surface area contributed by atoms with E-state index >= 15 is 0 Å². The number of anilines is 1. The Morgan fingerprint density at radius 2 is 2.27 bits per heavy atom. The van der Waals surface area contributed by atoms with Crippen LogP contribution >= 0.6 is 15.9 Å². The topological polar surface area (TPSA) is 45.2 Å². The van der Waals surface area contributed by atoms with Crippen LogP contribution in [0.2, 0.25) is 0 Å². The Hall–Kier alpha value is -1.10. The molecule has 0 saturated heterocycles. The monoisotopic (exact) mass is 271 g/mol. The fourth-order valence-electron chi connectivity index (χ4n) is 1.15. The Kier molecular flexibility index (Phi) is 4.08. The van der Waals surface area contributed by atoms with Gasteiger partial charge in [-0.2, -0.15) is 0 Å². The third-order valence-corrected chi connectivity index (χ3v) is 2.27. The highest BCUT2D eigenvalue weighted by Crippen LogP contribution is 2.18. The lowest BCUT2D eigenvalue weighted by atomic mass is 10.2. The molecule has 0 radical (unpaired) electrons. The van der Waals surface area contributed by atoms with Crippen molar-refractivity contribution in [3.8, 4) is 0 Å². The van der Waals surface area contributed by atoms with Crippen LogP contribution in [0.25, 0.3) is 0 Å². The summed E-state index contributed by atoms with van der Waals surface area (Å²) in [4.78, 5) is 17.5. The first-order chi connectivity index (χ1) is 7.06. The molecule has 1 heterocycles. The number of carbonyl (C=O) groups excluding carboxylic acids is 1. The molecule has 15 heavy (non-hydrogen) atoms. The molecule has 0 saturated carbocycles. The molecule has 0 aliphatic rings. The molecule has 0 unspecified atom stereocenters. The molecule has 0 aliphatic carbocycles. The molecular formula is C10H14BrN3O. The van der Waals surface area contributed by atoms with Crippen molar-refractivity contribution in [1.29, 1.82) is 0 Å². The van der Waals surface area contributed by atoms with Crippen LogP contribution in [0.1, 0.15) is 17.3 Å². The van der Waals surface area contributed by atoms with Crippen molar-refractivity contribution in [2.24, 2.45) is 0 Å². The van der Waals surface area contributed by atoms with Crippen LogP contribution < -0.4 is 5.32 Å². The zero-order valence-electron chi connectivity index (χ0n) is 9.04. The van der Waals surface area contributed by atoms with Crippen LogP contribution in [0.15, 0.2) is 16.7 Å². The van der Waals surface area contributed by atoms with E-state index in [0.29, 0.717) is 11.4 Å². The van der Waals surface area contributed by atoms with Crippen molar-refractivity contribution in [3.63, 3.8) is 0 Å². The summed E-state index contributed by atoms with van der Waals surface area (Å²) in [5, 5.41) is 3.06. The maximum atomic E-state index is 11.8. The van der Waals surface area contributed by atoms with Gasteiger partial charge in [0.15, 0.2) is 0 Å². The minimum Gasteiger partial charge on any atom is -0.370 e. The largest absolute Gasteiger partial charge is 0.370 e. The Morgan fingerprint density at radius 3 is 2.80 bits per heavy atom. The van der Waals surface area contributed by atoms with Crippen molar-refractivity contribution >= 4 is 27.7 Å². The minimum atomic E-state index is -0.0558. The molecular weight excluding hydrogens is 258 g/mol. The second-order valence-corrected chi connectivity index (χ2v) is 4.20. The Morgan fingerprint density at radius 1 is 1.60 bits per heavy atom. The van der Waals surface area contributed by atoms with Crippen molar-refractivity contribution in [2.45, 2.75) is 6.92 Å². The highest BCUT2D eigenvalue weighted by Gasteiger charge is 2.14. The SMILES string of the molecule is CCNc1ncc(Br)cc1C(=O)N(C)C. The van der Waals surface area contributed by atoms with Gasteiger partial charge >= 0.3 is 0 Å². The van der Waals surface area contributed by atoms with Crippen LogP contribution in [0.3, 0.4) is 0 Å². The summed E-state index contributed by atoms with van der Waals surface area (Å²) in [5.74, 6) is 0.569. The molecule has 1 amide bonds. The molecule has 1 aromatic rings. The predicted octanol–water partition coefficient (Wildman–Crippen LogP) is 1.98. The summed E-state index contributed by atoms with van der Waals surface area (Å²) < 4.78 is 0.800. The first kappa shape index (κ1) is 12.0. The Labute approximate surface area is 97.8 Å². The summed E-state index contributed by atoms with van der Waals surface area (Å²) in [6, 6.07) is 1.77. The second kappa shape index (κ2) is 5.11. The normalized spacial score (nSPS) is 9.87. The average molecular weight is 272 g/mol. The first-order valence-corrected chi connectivity index (χ1v) is 5.46. The zero-order chi connectivity index (χ0) is 11.4. The molecule has 0 spiro atoms. The number of hydrogen-bond acceptors (Lipinski definition) is 3. The zero-order valence-corrected chi connectivity index (χ0v) is 10.6. The lowest BCUT2D eigenvalue weighted by Gasteiger charge is -2.14. The van der Waals surface area contributed by atoms with Crippen molar-refractivity contribution in [3.05, 3.63) is 22.3 Å². The summed E-state index contributed by atoms with van der Waals surface area (Å²) in [5.41, 5.74) is 0.580. The molecule has 0 atom stereocenters. The van der Waals surface area contributed by atoms with Crippen molar-refractivity contribution < 1.29 is 4.79 Å². The van der Waals surface area contributed by atoms with Gasteiger partial charge in [-0.1, -0.05) is 0 Å². The van der Waals surface area contributed by atoms with E-state index in [1.807, 2.05) is 6.92 Å². The number of nitrogens with zero attached hydrogens (tertiary/aromatic N) is 2. The van der Waals surface area contributed by atoms with Gasteiger partial charge in [0.2, 0.25) is 0 Å². The van der Waals surface area contributed by atoms with E-state index in [9.17, 15) is 4.79 Å². The Bertz CT molecular complexity index is 366. The van der Waals surface area contributed by atoms with Gasteiger partial charge in [-0.05, 0) is 28.9 Å². The highest BCUT2D eigenvalue weighted by atomic mass is 79.9. The van der Waals surface area contributed by atoms with Gasteiger partial charge in [-0.3, -0.25) is 4.79 Å². The fourth-order valence-corrected chi connectivity index (χ4v) is 1.48. The van der Waals surface area contributed by atoms with Crippen LogP contribution in [0.5, 0.6) is 0 Å². The summed E-state index contributed by atoms with van der Waals surface area (Å²) in [6.45, 7) is 2.70. The van der Waals surface area contributed by atoms with Crippen LogP contribution in [0, 0.1) is 0 Å². The number of aromatic nitrogens is 1. The van der Waals surface area contributed by atoms with E-state index in [0.717, 1.165) is 11.0 Å². The van der Waals surface area contributed by atoms with Crippen molar-refractivity contribution in [2.75, 3.05) is 26.0 Å². The number of pyridine rings is 1. The average Bonchev–Trinajstić information content (AvgIpc) is 2.20. The smallest absolute Gasteiger partial charge is 0.257 e. The summed E-state index contributed by atoms with van der Waals surface area (Å²) >= 11 is 3.30. The van der Waals surface area contributed by atoms with Crippen LogP contribution in [-0.4, -0.2) is 36.4 Å². The molecule has 0 fully saturated rings. The van der Waals surface area contributed by atoms with E-state index in [1.165, 1.54) is 4.90 Å². The number of nitrogens with one attached hydrogen (secondary N) is 1. The maximum Gasteiger partial charge on any atom is 0.257 e. The molecule has 82 valence electrons. The van der Waals surface area contributed by atoms with Gasteiger partial charge in [0.1, 0.15) is 5.82 Å². The predicted molar refractivity (Wildman–Crippen MR) is 64.1 cm³/mol. The summed E-state index contributed by atoms with van der Waals surface area (Å²) in [7, 11) is 3.44. The second-order valence-electron chi connectivity index (χ2n) is 3.28. The van der Waals surface area contributed by atoms with E-state index in [4.69, 9.17) is 0 Å². The number of rotatable bonds is 3. The molecule has 1 rings (SSSR count). The van der Waals surface area contributed by atoms with E-state index in [-0.39, 0.29) is 5.91 Å². The molecule has 4 nitrogen and oxygen atoms in total. The van der Waals surface area contributed by atoms with E-state index < -0.39 is 0 Å². The van der Waals surface area contributed by atoms with Gasteiger partial charge in [0.05, 0.1) is 5.56 Å². The number of amides is 1. The van der Waals surface area contributed by atoms with Gasteiger partial charge in [-0.25, -0.2) is 4.98 Å². The first-order valence-electron chi connectivity index (χ1n) is 4.67. The molecule has 0 aromatic carbocycles. The van der Waals surface area contributed by atoms with Gasteiger partial charge in [0, 0.05) is 31.3 Å². The van der Waals surface area contributed by atoms with Crippen LogP contribution in [-0.2, 0) is 0 Å². The van der Waals surface area contributed by atoms with Gasteiger partial charge in [-0.15, -0.1) is 0 Å². The molecule has 0 aliphatic heterocycles. The van der Waals surface area contributed by atoms with Crippen LogP contribution in [0.4, 0.5) is 5.82 Å². The third-order valence-electron chi connectivity index (χ3n) is 1.84. The van der Waals surface area contributed by atoms with Crippen molar-refractivity contribution in [1.82, 2.24) is 9.88 Å². The Balaban J connectivity index is 3.12. The van der Waals surface area contributed by atoms with E-state index in [2.05, 4.69) is 26.2 Å². The lowest BCUT2D eigenvalue weighted by Crippen LogP contribution is -2.23. The van der Waals surface area contributed by atoms with E-state index in [1.54, 1.807) is 26.4 Å². The van der Waals surface area contributed by atoms with Gasteiger partial charge < -0.3 is 10.2 Å². The standard InChI is InChI=1S/C10H14BrN3O/c1-4-12-9-8(10(15)14(2)3)5-7(11)6-13-9/h5-6H,4H2,1-3H3,(H,12,13). The fraction of sp³-hybridized carbons (Fsp3) is 0.400. The third kappa shape index (κ3) is 2.92. The number of halogens is 1. The highest BCUT2D eigenvalue weighted by molar-refractivity contribution is 9.10. The number of hydrogen-bond donors (Lipinski definition) is 1. The molecule has 5 heteroatoms. The minimum absolute atomic E-state index is 0.0558. The van der Waals surface area contributed by atoms with Gasteiger partial charge in [0.25, 0.3) is 5.91 Å². The maximum absolute atomic E-state index is 11.8. The molecule has 1 N–H and O–H groups in total. The molecule has 0 bridgehead atoms. The summed E-state index contributed by atoms with van der Waals surface area (Å²) in [6.07, 6.45) is 1.67.